The van der Waals surface area contributed by atoms with E-state index in [1.165, 1.54) is 12.1 Å². The predicted octanol–water partition coefficient (Wildman–Crippen LogP) is 3.77. The molecule has 6 heteroatoms. The lowest BCUT2D eigenvalue weighted by atomic mass is 10.2. The maximum Gasteiger partial charge on any atom is 0.276 e. The molecule has 2 rings (SSSR count). The number of phenolic OH excluding ortho intramolecular Hbond substituents is 1. The molecule has 2 aromatic carbocycles. The summed E-state index contributed by atoms with van der Waals surface area (Å²) in [6.45, 7) is 0.0737. The van der Waals surface area contributed by atoms with Gasteiger partial charge in [0.1, 0.15) is 18.1 Å². The fourth-order valence-electron chi connectivity index (χ4n) is 1.72. The van der Waals surface area contributed by atoms with Gasteiger partial charge in [-0.25, -0.2) is 0 Å². The molecule has 0 bridgehead atoms. The van der Waals surface area contributed by atoms with E-state index in [0.717, 1.165) is 5.56 Å². The minimum atomic E-state index is -0.440. The second-order valence-electron chi connectivity index (χ2n) is 4.10. The van der Waals surface area contributed by atoms with Gasteiger partial charge in [-0.15, -0.1) is 0 Å². The average molecular weight is 338 g/mol. The molecule has 0 saturated carbocycles. The molecule has 5 nitrogen and oxygen atoms in total. The van der Waals surface area contributed by atoms with Gasteiger partial charge in [0.25, 0.3) is 5.69 Å². The van der Waals surface area contributed by atoms with Crippen LogP contribution in [0.5, 0.6) is 11.5 Å². The van der Waals surface area contributed by atoms with Crippen LogP contribution in [0.4, 0.5) is 5.69 Å². The SMILES string of the molecule is O=[N+]([O-])c1ccccc1COc1ccc(CBr)c(O)c1. The number of benzene rings is 2. The minimum absolute atomic E-state index is 0.0220. The summed E-state index contributed by atoms with van der Waals surface area (Å²) in [7, 11) is 0. The number of nitro benzene ring substituents is 1. The van der Waals surface area contributed by atoms with Crippen LogP contribution in [0, 0.1) is 10.1 Å². The maximum absolute atomic E-state index is 10.9. The zero-order valence-corrected chi connectivity index (χ0v) is 12.0. The summed E-state index contributed by atoms with van der Waals surface area (Å²) in [6, 6.07) is 11.3. The number of halogens is 1. The highest BCUT2D eigenvalue weighted by atomic mass is 79.9. The van der Waals surface area contributed by atoms with Crippen LogP contribution in [0.15, 0.2) is 42.5 Å². The quantitative estimate of drug-likeness (QED) is 0.512. The van der Waals surface area contributed by atoms with Gasteiger partial charge in [0, 0.05) is 23.0 Å². The predicted molar refractivity (Wildman–Crippen MR) is 78.2 cm³/mol. The standard InChI is InChI=1S/C14H12BrNO4/c15-8-10-5-6-12(7-14(10)17)20-9-11-3-1-2-4-13(11)16(18)19/h1-7,17H,8-9H2. The molecule has 2 aromatic rings. The van der Waals surface area contributed by atoms with Crippen molar-refractivity contribution in [3.8, 4) is 11.5 Å². The molecular formula is C14H12BrNO4. The van der Waals surface area contributed by atoms with E-state index in [1.807, 2.05) is 0 Å². The molecule has 0 radical (unpaired) electrons. The number of phenols is 1. The van der Waals surface area contributed by atoms with Crippen molar-refractivity contribution in [1.82, 2.24) is 0 Å². The molecule has 0 fully saturated rings. The van der Waals surface area contributed by atoms with Gasteiger partial charge in [-0.1, -0.05) is 34.1 Å². The number of aromatic hydroxyl groups is 1. The number of rotatable bonds is 5. The molecular weight excluding hydrogens is 326 g/mol. The van der Waals surface area contributed by atoms with Gasteiger partial charge < -0.3 is 9.84 Å². The molecule has 0 aliphatic heterocycles. The van der Waals surface area contributed by atoms with E-state index in [-0.39, 0.29) is 18.0 Å². The van der Waals surface area contributed by atoms with E-state index in [4.69, 9.17) is 4.74 Å². The Hall–Kier alpha value is -2.08. The van der Waals surface area contributed by atoms with Crippen LogP contribution in [0.1, 0.15) is 11.1 Å². The molecule has 0 saturated heterocycles. The molecule has 104 valence electrons. The van der Waals surface area contributed by atoms with Crippen molar-refractivity contribution in [2.75, 3.05) is 0 Å². The molecule has 0 aromatic heterocycles. The number of ether oxygens (including phenoxy) is 1. The smallest absolute Gasteiger partial charge is 0.276 e. The van der Waals surface area contributed by atoms with Crippen molar-refractivity contribution in [2.24, 2.45) is 0 Å². The van der Waals surface area contributed by atoms with E-state index >= 15 is 0 Å². The lowest BCUT2D eigenvalue weighted by molar-refractivity contribution is -0.385. The Bertz CT molecular complexity index is 630. The highest BCUT2D eigenvalue weighted by molar-refractivity contribution is 9.08. The average Bonchev–Trinajstić information content (AvgIpc) is 2.45. The molecule has 20 heavy (non-hydrogen) atoms. The third-order valence-electron chi connectivity index (χ3n) is 2.78. The lowest BCUT2D eigenvalue weighted by Gasteiger charge is -2.08. The van der Waals surface area contributed by atoms with Crippen LogP contribution in [0.2, 0.25) is 0 Å². The Labute approximate surface area is 124 Å². The van der Waals surface area contributed by atoms with E-state index in [0.29, 0.717) is 16.6 Å². The number of para-hydroxylation sites is 1. The number of hydrogen-bond acceptors (Lipinski definition) is 4. The summed E-state index contributed by atoms with van der Waals surface area (Å²) in [6.07, 6.45) is 0. The maximum atomic E-state index is 10.9. The topological polar surface area (TPSA) is 72.6 Å². The first-order chi connectivity index (χ1) is 9.61. The zero-order valence-electron chi connectivity index (χ0n) is 10.5. The fourth-order valence-corrected chi connectivity index (χ4v) is 2.19. The van der Waals surface area contributed by atoms with Gasteiger partial charge in [0.2, 0.25) is 0 Å². The third kappa shape index (κ3) is 3.27. The fraction of sp³-hybridized carbons (Fsp3) is 0.143. The van der Waals surface area contributed by atoms with E-state index < -0.39 is 4.92 Å². The summed E-state index contributed by atoms with van der Waals surface area (Å²) in [5, 5.41) is 21.1. The van der Waals surface area contributed by atoms with Gasteiger partial charge >= 0.3 is 0 Å². The van der Waals surface area contributed by atoms with E-state index in [9.17, 15) is 15.2 Å². The van der Waals surface area contributed by atoms with Crippen LogP contribution in [0.3, 0.4) is 0 Å². The van der Waals surface area contributed by atoms with Crippen LogP contribution in [0.25, 0.3) is 0 Å². The van der Waals surface area contributed by atoms with Crippen molar-refractivity contribution in [1.29, 1.82) is 0 Å². The summed E-state index contributed by atoms with van der Waals surface area (Å²) in [4.78, 5) is 10.4. The number of alkyl halides is 1. The van der Waals surface area contributed by atoms with Crippen LogP contribution in [-0.4, -0.2) is 10.0 Å². The summed E-state index contributed by atoms with van der Waals surface area (Å²) >= 11 is 3.26. The van der Waals surface area contributed by atoms with Crippen LogP contribution in [-0.2, 0) is 11.9 Å². The van der Waals surface area contributed by atoms with Gasteiger partial charge in [0.15, 0.2) is 0 Å². The normalized spacial score (nSPS) is 10.2. The third-order valence-corrected chi connectivity index (χ3v) is 3.39. The van der Waals surface area contributed by atoms with Crippen molar-refractivity contribution in [3.63, 3.8) is 0 Å². The molecule has 0 aliphatic carbocycles. The lowest BCUT2D eigenvalue weighted by Crippen LogP contribution is -2.00. The van der Waals surface area contributed by atoms with Crippen molar-refractivity contribution in [2.45, 2.75) is 11.9 Å². The number of nitro groups is 1. The Kier molecular flexibility index (Phi) is 4.57. The summed E-state index contributed by atoms with van der Waals surface area (Å²) in [5.41, 5.74) is 1.26. The van der Waals surface area contributed by atoms with E-state index in [1.54, 1.807) is 30.3 Å². The van der Waals surface area contributed by atoms with Gasteiger partial charge in [-0.2, -0.15) is 0 Å². The van der Waals surface area contributed by atoms with Gasteiger partial charge in [-0.05, 0) is 12.1 Å². The monoisotopic (exact) mass is 337 g/mol. The zero-order chi connectivity index (χ0) is 14.5. The molecule has 0 spiro atoms. The van der Waals surface area contributed by atoms with Gasteiger partial charge in [-0.3, -0.25) is 10.1 Å². The first kappa shape index (κ1) is 14.3. The Morgan fingerprint density at radius 3 is 2.60 bits per heavy atom. The van der Waals surface area contributed by atoms with Crippen molar-refractivity contribution < 1.29 is 14.8 Å². The molecule has 0 atom stereocenters. The van der Waals surface area contributed by atoms with Gasteiger partial charge in [0.05, 0.1) is 10.5 Å². The first-order valence-electron chi connectivity index (χ1n) is 5.84. The Morgan fingerprint density at radius 1 is 1.20 bits per heavy atom. The molecule has 0 amide bonds. The molecule has 0 aliphatic rings. The Morgan fingerprint density at radius 2 is 1.95 bits per heavy atom. The van der Waals surface area contributed by atoms with E-state index in [2.05, 4.69) is 15.9 Å². The van der Waals surface area contributed by atoms with Crippen LogP contribution >= 0.6 is 15.9 Å². The van der Waals surface area contributed by atoms with Crippen molar-refractivity contribution >= 4 is 21.6 Å². The first-order valence-corrected chi connectivity index (χ1v) is 6.97. The highest BCUT2D eigenvalue weighted by Gasteiger charge is 2.12. The van der Waals surface area contributed by atoms with Crippen LogP contribution < -0.4 is 4.74 Å². The number of hydrogen-bond donors (Lipinski definition) is 1. The highest BCUT2D eigenvalue weighted by Crippen LogP contribution is 2.26. The molecule has 0 unspecified atom stereocenters. The second-order valence-corrected chi connectivity index (χ2v) is 4.66. The minimum Gasteiger partial charge on any atom is -0.507 e. The van der Waals surface area contributed by atoms with Crippen molar-refractivity contribution in [3.05, 3.63) is 63.7 Å². The number of nitrogens with zero attached hydrogens (tertiary/aromatic N) is 1. The largest absolute Gasteiger partial charge is 0.507 e. The Balaban J connectivity index is 2.13. The molecule has 0 heterocycles. The molecule has 1 N–H and O–H groups in total. The second kappa shape index (κ2) is 6.38. The summed E-state index contributed by atoms with van der Waals surface area (Å²) < 4.78 is 5.48. The summed E-state index contributed by atoms with van der Waals surface area (Å²) in [5.74, 6) is 0.590.